The molecule has 0 spiro atoms. The number of hydrogen-bond acceptors (Lipinski definition) is 1. The molecular weight excluding hydrogens is 292 g/mol. The monoisotopic (exact) mass is 312 g/mol. The third-order valence-corrected chi connectivity index (χ3v) is 4.29. The Labute approximate surface area is 142 Å². The molecule has 4 aromatic carbocycles. The van der Waals surface area contributed by atoms with Crippen LogP contribution in [0.25, 0.3) is 32.7 Å². The molecule has 0 bridgehead atoms. The molecule has 0 aliphatic rings. The van der Waals surface area contributed by atoms with Crippen LogP contribution in [0.1, 0.15) is 13.8 Å². The Morgan fingerprint density at radius 3 is 2.21 bits per heavy atom. The Balaban J connectivity index is 2.06. The van der Waals surface area contributed by atoms with Crippen LogP contribution in [0, 0.1) is 0 Å². The van der Waals surface area contributed by atoms with Gasteiger partial charge in [-0.1, -0.05) is 60.7 Å². The average molecular weight is 312 g/mol. The van der Waals surface area contributed by atoms with Crippen molar-refractivity contribution in [1.82, 2.24) is 0 Å². The zero-order chi connectivity index (χ0) is 16.5. The minimum absolute atomic E-state index is 0.170. The molecule has 0 heterocycles. The number of ether oxygens (including phenoxy) is 1. The van der Waals surface area contributed by atoms with E-state index < -0.39 is 0 Å². The van der Waals surface area contributed by atoms with E-state index in [1.807, 2.05) is 0 Å². The van der Waals surface area contributed by atoms with E-state index in [0.717, 1.165) is 5.75 Å². The van der Waals surface area contributed by atoms with Crippen molar-refractivity contribution in [3.05, 3.63) is 78.9 Å². The zero-order valence-electron chi connectivity index (χ0n) is 14.0. The topological polar surface area (TPSA) is 9.23 Å². The fraction of sp³-hybridized carbons (Fsp3) is 0.130. The molecule has 0 saturated carbocycles. The Morgan fingerprint density at radius 2 is 1.42 bits per heavy atom. The van der Waals surface area contributed by atoms with Gasteiger partial charge in [0.2, 0.25) is 0 Å². The Morgan fingerprint density at radius 1 is 0.667 bits per heavy atom. The van der Waals surface area contributed by atoms with Crippen molar-refractivity contribution in [2.45, 2.75) is 20.0 Å². The van der Waals surface area contributed by atoms with Gasteiger partial charge in [-0.15, -0.1) is 0 Å². The third kappa shape index (κ3) is 2.63. The molecule has 0 aromatic heterocycles. The van der Waals surface area contributed by atoms with Gasteiger partial charge in [-0.2, -0.15) is 0 Å². The van der Waals surface area contributed by atoms with Crippen molar-refractivity contribution in [2.75, 3.05) is 0 Å². The lowest BCUT2D eigenvalue weighted by Crippen LogP contribution is -2.05. The van der Waals surface area contributed by atoms with Gasteiger partial charge in [0.05, 0.1) is 6.10 Å². The molecule has 0 saturated heterocycles. The van der Waals surface area contributed by atoms with Gasteiger partial charge in [0.1, 0.15) is 5.75 Å². The Hall–Kier alpha value is -2.80. The van der Waals surface area contributed by atoms with E-state index in [9.17, 15) is 0 Å². The van der Waals surface area contributed by atoms with Crippen LogP contribution in [0.2, 0.25) is 0 Å². The van der Waals surface area contributed by atoms with E-state index in [0.29, 0.717) is 0 Å². The summed E-state index contributed by atoms with van der Waals surface area (Å²) in [7, 11) is 0. The fourth-order valence-corrected chi connectivity index (χ4v) is 3.28. The molecule has 1 heteroatoms. The molecule has 24 heavy (non-hydrogen) atoms. The molecule has 0 aliphatic carbocycles. The van der Waals surface area contributed by atoms with Crippen LogP contribution in [-0.2, 0) is 0 Å². The molecule has 1 nitrogen and oxygen atoms in total. The summed E-state index contributed by atoms with van der Waals surface area (Å²) < 4.78 is 5.93. The second-order valence-corrected chi connectivity index (χ2v) is 6.39. The molecular formula is C23H20O. The van der Waals surface area contributed by atoms with Crippen molar-refractivity contribution in [3.63, 3.8) is 0 Å². The van der Waals surface area contributed by atoms with Crippen molar-refractivity contribution < 1.29 is 4.74 Å². The lowest BCUT2D eigenvalue weighted by Gasteiger charge is -2.14. The van der Waals surface area contributed by atoms with Gasteiger partial charge in [-0.25, -0.2) is 0 Å². The number of rotatable bonds is 3. The lowest BCUT2D eigenvalue weighted by molar-refractivity contribution is 0.243. The first kappa shape index (κ1) is 14.8. The lowest BCUT2D eigenvalue weighted by atomic mass is 9.93. The highest BCUT2D eigenvalue weighted by Crippen LogP contribution is 2.36. The van der Waals surface area contributed by atoms with Crippen molar-refractivity contribution in [3.8, 4) is 16.9 Å². The van der Waals surface area contributed by atoms with Crippen LogP contribution in [0.15, 0.2) is 78.9 Å². The third-order valence-electron chi connectivity index (χ3n) is 4.29. The predicted octanol–water partition coefficient (Wildman–Crippen LogP) is 6.45. The van der Waals surface area contributed by atoms with Crippen LogP contribution in [0.5, 0.6) is 5.75 Å². The molecule has 4 aromatic rings. The smallest absolute Gasteiger partial charge is 0.120 e. The predicted molar refractivity (Wildman–Crippen MR) is 103 cm³/mol. The zero-order valence-corrected chi connectivity index (χ0v) is 14.0. The van der Waals surface area contributed by atoms with Gasteiger partial charge in [-0.05, 0) is 64.7 Å². The maximum absolute atomic E-state index is 5.93. The van der Waals surface area contributed by atoms with Gasteiger partial charge in [0, 0.05) is 0 Å². The second-order valence-electron chi connectivity index (χ2n) is 6.39. The van der Waals surface area contributed by atoms with Crippen LogP contribution < -0.4 is 4.74 Å². The van der Waals surface area contributed by atoms with E-state index in [-0.39, 0.29) is 6.10 Å². The highest BCUT2D eigenvalue weighted by molar-refractivity contribution is 6.14. The first-order chi connectivity index (χ1) is 11.7. The summed E-state index contributed by atoms with van der Waals surface area (Å²) in [5.41, 5.74) is 2.48. The minimum Gasteiger partial charge on any atom is -0.491 e. The highest BCUT2D eigenvalue weighted by atomic mass is 16.5. The number of benzene rings is 4. The van der Waals surface area contributed by atoms with Crippen molar-refractivity contribution in [1.29, 1.82) is 0 Å². The molecule has 0 fully saturated rings. The normalized spacial score (nSPS) is 11.3. The van der Waals surface area contributed by atoms with Gasteiger partial charge in [0.25, 0.3) is 0 Å². The van der Waals surface area contributed by atoms with E-state index in [4.69, 9.17) is 4.74 Å². The summed E-state index contributed by atoms with van der Waals surface area (Å²) in [6.07, 6.45) is 0.170. The van der Waals surface area contributed by atoms with Gasteiger partial charge >= 0.3 is 0 Å². The van der Waals surface area contributed by atoms with E-state index in [1.54, 1.807) is 0 Å². The minimum atomic E-state index is 0.170. The molecule has 0 N–H and O–H groups in total. The van der Waals surface area contributed by atoms with E-state index in [2.05, 4.69) is 92.7 Å². The Bertz CT molecular complexity index is 1000. The van der Waals surface area contributed by atoms with Gasteiger partial charge in [-0.3, -0.25) is 0 Å². The van der Waals surface area contributed by atoms with Crippen LogP contribution in [0.3, 0.4) is 0 Å². The average Bonchev–Trinajstić information content (AvgIpc) is 2.61. The largest absolute Gasteiger partial charge is 0.491 e. The fourth-order valence-electron chi connectivity index (χ4n) is 3.28. The number of hydrogen-bond donors (Lipinski definition) is 0. The second kappa shape index (κ2) is 6.01. The van der Waals surface area contributed by atoms with Crippen LogP contribution in [-0.4, -0.2) is 6.10 Å². The highest BCUT2D eigenvalue weighted by Gasteiger charge is 2.10. The van der Waals surface area contributed by atoms with Crippen LogP contribution >= 0.6 is 0 Å². The summed E-state index contributed by atoms with van der Waals surface area (Å²) >= 11 is 0. The molecule has 0 atom stereocenters. The maximum Gasteiger partial charge on any atom is 0.120 e. The Kier molecular flexibility index (Phi) is 3.70. The molecule has 0 unspecified atom stereocenters. The SMILES string of the molecule is CC(C)Oc1ccc2c(c1)c(-c1ccccc1)cc1ccccc12. The first-order valence-electron chi connectivity index (χ1n) is 8.40. The summed E-state index contributed by atoms with van der Waals surface area (Å²) in [5.74, 6) is 0.921. The summed E-state index contributed by atoms with van der Waals surface area (Å²) in [6, 6.07) is 27.8. The van der Waals surface area contributed by atoms with Gasteiger partial charge < -0.3 is 4.74 Å². The number of fused-ring (bicyclic) bond motifs is 3. The van der Waals surface area contributed by atoms with Gasteiger partial charge in [0.15, 0.2) is 0 Å². The molecule has 0 aliphatic heterocycles. The summed E-state index contributed by atoms with van der Waals surface area (Å²) in [5, 5.41) is 5.05. The molecule has 0 amide bonds. The van der Waals surface area contributed by atoms with Crippen molar-refractivity contribution >= 4 is 21.5 Å². The van der Waals surface area contributed by atoms with Crippen molar-refractivity contribution in [2.24, 2.45) is 0 Å². The molecule has 118 valence electrons. The molecule has 0 radical (unpaired) electrons. The van der Waals surface area contributed by atoms with Crippen LogP contribution in [0.4, 0.5) is 0 Å². The first-order valence-corrected chi connectivity index (χ1v) is 8.40. The molecule has 4 rings (SSSR count). The standard InChI is InChI=1S/C23H20O/c1-16(2)24-19-12-13-21-20-11-7-6-10-18(20)14-22(23(21)15-19)17-8-4-3-5-9-17/h3-16H,1-2H3. The summed E-state index contributed by atoms with van der Waals surface area (Å²) in [6.45, 7) is 4.12. The summed E-state index contributed by atoms with van der Waals surface area (Å²) in [4.78, 5) is 0. The van der Waals surface area contributed by atoms with E-state index in [1.165, 1.54) is 32.7 Å². The quantitative estimate of drug-likeness (QED) is 0.395. The maximum atomic E-state index is 5.93. The van der Waals surface area contributed by atoms with E-state index >= 15 is 0 Å².